The molecule has 0 rings (SSSR count). The second-order valence-electron chi connectivity index (χ2n) is 5.88. The van der Waals surface area contributed by atoms with Crippen LogP contribution in [0.25, 0.3) is 0 Å². The van der Waals surface area contributed by atoms with Crippen LogP contribution in [0.5, 0.6) is 0 Å². The summed E-state index contributed by atoms with van der Waals surface area (Å²) in [5.74, 6) is 2.47. The summed E-state index contributed by atoms with van der Waals surface area (Å²) in [5, 5.41) is 3.11. The molecule has 0 saturated heterocycles. The van der Waals surface area contributed by atoms with Gasteiger partial charge in [-0.25, -0.2) is 0 Å². The fourth-order valence-corrected chi connectivity index (χ4v) is 2.62. The molecule has 0 aromatic carbocycles. The maximum atomic E-state index is 11.4. The number of likely N-dealkylation sites (N-methyl/N-ethyl adjacent to an activating group) is 1. The van der Waals surface area contributed by atoms with Gasteiger partial charge in [-0.05, 0) is 51.0 Å². The highest BCUT2D eigenvalue weighted by Gasteiger charge is 2.18. The van der Waals surface area contributed by atoms with Gasteiger partial charge in [-0.15, -0.1) is 0 Å². The summed E-state index contributed by atoms with van der Waals surface area (Å²) in [7, 11) is 1.88. The minimum absolute atomic E-state index is 0.0424. The third-order valence-corrected chi connectivity index (χ3v) is 3.78. The Labute approximate surface area is 108 Å². The molecule has 0 bridgehead atoms. The molecule has 0 aliphatic carbocycles. The fraction of sp³-hybridized carbons (Fsp3) is 0.933. The van der Waals surface area contributed by atoms with Crippen LogP contribution >= 0.6 is 0 Å². The third kappa shape index (κ3) is 7.54. The molecule has 0 spiro atoms. The summed E-state index contributed by atoms with van der Waals surface area (Å²) in [4.78, 5) is 11.4. The molecule has 1 unspecified atom stereocenters. The number of rotatable bonds is 9. The maximum Gasteiger partial charge on any atom is 0.146 e. The van der Waals surface area contributed by atoms with Crippen molar-refractivity contribution in [1.82, 2.24) is 5.32 Å². The van der Waals surface area contributed by atoms with Crippen molar-refractivity contribution >= 4 is 5.78 Å². The van der Waals surface area contributed by atoms with Crippen molar-refractivity contribution < 1.29 is 4.79 Å². The average molecular weight is 241 g/mol. The van der Waals surface area contributed by atoms with Gasteiger partial charge in [-0.2, -0.15) is 0 Å². The van der Waals surface area contributed by atoms with Crippen molar-refractivity contribution in [2.75, 3.05) is 7.05 Å². The molecule has 0 fully saturated rings. The largest absolute Gasteiger partial charge is 0.311 e. The monoisotopic (exact) mass is 241 g/mol. The zero-order valence-corrected chi connectivity index (χ0v) is 12.5. The molecule has 17 heavy (non-hydrogen) atoms. The van der Waals surface area contributed by atoms with E-state index in [1.54, 1.807) is 6.92 Å². The molecule has 4 atom stereocenters. The van der Waals surface area contributed by atoms with Crippen LogP contribution in [0.2, 0.25) is 0 Å². The molecule has 0 radical (unpaired) electrons. The SMILES string of the molecule is CCC(C)C[C@H](C)C[C@H](C)C[C@H](NC)C(C)=O. The number of carbonyl (C=O) groups excluding carboxylic acids is 1. The minimum atomic E-state index is 0.0424. The first-order chi connectivity index (χ1) is 7.90. The van der Waals surface area contributed by atoms with E-state index in [4.69, 9.17) is 0 Å². The molecule has 0 aliphatic rings. The fourth-order valence-electron chi connectivity index (χ4n) is 2.62. The molecule has 0 heterocycles. The lowest BCUT2D eigenvalue weighted by Crippen LogP contribution is -2.34. The summed E-state index contributed by atoms with van der Waals surface area (Å²) < 4.78 is 0. The Morgan fingerprint density at radius 3 is 1.88 bits per heavy atom. The van der Waals surface area contributed by atoms with E-state index in [-0.39, 0.29) is 11.8 Å². The highest BCUT2D eigenvalue weighted by atomic mass is 16.1. The van der Waals surface area contributed by atoms with Gasteiger partial charge in [0.1, 0.15) is 5.78 Å². The van der Waals surface area contributed by atoms with Gasteiger partial charge in [0.15, 0.2) is 0 Å². The average Bonchev–Trinajstić information content (AvgIpc) is 2.24. The van der Waals surface area contributed by atoms with Crippen molar-refractivity contribution in [2.45, 2.75) is 66.3 Å². The molecular formula is C15H31NO. The molecule has 0 aromatic heterocycles. The Morgan fingerprint density at radius 2 is 1.47 bits per heavy atom. The normalized spacial score (nSPS) is 18.5. The molecule has 0 aromatic rings. The van der Waals surface area contributed by atoms with Crippen LogP contribution in [0.15, 0.2) is 0 Å². The van der Waals surface area contributed by atoms with Crippen molar-refractivity contribution in [1.29, 1.82) is 0 Å². The number of nitrogens with one attached hydrogen (secondary N) is 1. The predicted molar refractivity (Wildman–Crippen MR) is 75.2 cm³/mol. The van der Waals surface area contributed by atoms with Gasteiger partial charge in [0, 0.05) is 0 Å². The summed E-state index contributed by atoms with van der Waals surface area (Å²) >= 11 is 0. The van der Waals surface area contributed by atoms with Crippen molar-refractivity contribution in [3.8, 4) is 0 Å². The first kappa shape index (κ1) is 16.6. The predicted octanol–water partition coefficient (Wildman–Crippen LogP) is 3.65. The first-order valence-corrected chi connectivity index (χ1v) is 7.08. The van der Waals surface area contributed by atoms with Gasteiger partial charge < -0.3 is 5.32 Å². The minimum Gasteiger partial charge on any atom is -0.311 e. The molecule has 0 aliphatic heterocycles. The summed E-state index contributed by atoms with van der Waals surface area (Å²) in [6.07, 6.45) is 4.78. The number of ketones is 1. The van der Waals surface area contributed by atoms with E-state index in [0.717, 1.165) is 18.3 Å². The molecule has 0 saturated carbocycles. The lowest BCUT2D eigenvalue weighted by Gasteiger charge is -2.22. The number of hydrogen-bond donors (Lipinski definition) is 1. The van der Waals surface area contributed by atoms with Crippen LogP contribution in [0.3, 0.4) is 0 Å². The lowest BCUT2D eigenvalue weighted by atomic mass is 9.86. The first-order valence-electron chi connectivity index (χ1n) is 7.08. The van der Waals surface area contributed by atoms with E-state index >= 15 is 0 Å². The van der Waals surface area contributed by atoms with E-state index in [1.807, 2.05) is 7.05 Å². The smallest absolute Gasteiger partial charge is 0.146 e. The number of carbonyl (C=O) groups is 1. The van der Waals surface area contributed by atoms with Crippen LogP contribution in [-0.2, 0) is 4.79 Å². The second-order valence-corrected chi connectivity index (χ2v) is 5.88. The van der Waals surface area contributed by atoms with E-state index in [1.165, 1.54) is 19.3 Å². The van der Waals surface area contributed by atoms with Crippen molar-refractivity contribution in [3.05, 3.63) is 0 Å². The van der Waals surface area contributed by atoms with Gasteiger partial charge in [0.25, 0.3) is 0 Å². The van der Waals surface area contributed by atoms with E-state index in [9.17, 15) is 4.79 Å². The van der Waals surface area contributed by atoms with E-state index < -0.39 is 0 Å². The highest BCUT2D eigenvalue weighted by molar-refractivity contribution is 5.81. The third-order valence-electron chi connectivity index (χ3n) is 3.78. The topological polar surface area (TPSA) is 29.1 Å². The Morgan fingerprint density at radius 1 is 1.00 bits per heavy atom. The molecule has 1 N–H and O–H groups in total. The molecule has 2 nitrogen and oxygen atoms in total. The zero-order valence-electron chi connectivity index (χ0n) is 12.5. The van der Waals surface area contributed by atoms with Crippen LogP contribution in [0, 0.1) is 17.8 Å². The zero-order chi connectivity index (χ0) is 13.4. The van der Waals surface area contributed by atoms with Gasteiger partial charge >= 0.3 is 0 Å². The van der Waals surface area contributed by atoms with Gasteiger partial charge in [-0.3, -0.25) is 4.79 Å². The van der Waals surface area contributed by atoms with Crippen molar-refractivity contribution in [3.63, 3.8) is 0 Å². The second kappa shape index (κ2) is 8.68. The van der Waals surface area contributed by atoms with Crippen molar-refractivity contribution in [2.24, 2.45) is 17.8 Å². The Hall–Kier alpha value is -0.370. The molecule has 2 heteroatoms. The number of Topliss-reactive ketones (excluding diaryl/α,β-unsaturated/α-hetero) is 1. The summed E-state index contributed by atoms with van der Waals surface area (Å²) in [5.41, 5.74) is 0. The lowest BCUT2D eigenvalue weighted by molar-refractivity contribution is -0.119. The molecule has 102 valence electrons. The van der Waals surface area contributed by atoms with Gasteiger partial charge in [-0.1, -0.05) is 34.1 Å². The Kier molecular flexibility index (Phi) is 8.49. The van der Waals surface area contributed by atoms with Crippen LogP contribution in [0.4, 0.5) is 0 Å². The Bertz CT molecular complexity index is 215. The van der Waals surface area contributed by atoms with Crippen LogP contribution in [-0.4, -0.2) is 18.9 Å². The molecular weight excluding hydrogens is 210 g/mol. The quantitative estimate of drug-likeness (QED) is 0.667. The summed E-state index contributed by atoms with van der Waals surface area (Å²) in [6, 6.07) is 0.0424. The van der Waals surface area contributed by atoms with Gasteiger partial charge in [0.2, 0.25) is 0 Å². The highest BCUT2D eigenvalue weighted by Crippen LogP contribution is 2.23. The standard InChI is InChI=1S/C15H31NO/c1-7-11(2)8-12(3)9-13(4)10-15(16-6)14(5)17/h11-13,15-16H,7-10H2,1-6H3/t11?,12-,13-,15-/m0/s1. The van der Waals surface area contributed by atoms with E-state index in [0.29, 0.717) is 5.92 Å². The van der Waals surface area contributed by atoms with Gasteiger partial charge in [0.05, 0.1) is 6.04 Å². The van der Waals surface area contributed by atoms with Crippen LogP contribution in [0.1, 0.15) is 60.3 Å². The number of hydrogen-bond acceptors (Lipinski definition) is 2. The maximum absolute atomic E-state index is 11.4. The summed E-state index contributed by atoms with van der Waals surface area (Å²) in [6.45, 7) is 10.9. The Balaban J connectivity index is 3.99. The van der Waals surface area contributed by atoms with E-state index in [2.05, 4.69) is 33.0 Å². The van der Waals surface area contributed by atoms with Crippen LogP contribution < -0.4 is 5.32 Å². The molecule has 0 amide bonds.